The number of ether oxygens (including phenoxy) is 2. The Morgan fingerprint density at radius 2 is 1.61 bits per heavy atom. The maximum Gasteiger partial charge on any atom is 0.318 e. The number of nitro groups is 1. The minimum Gasteiger partial charge on any atom is -0.457 e. The van der Waals surface area contributed by atoms with E-state index in [2.05, 4.69) is 5.32 Å². The summed E-state index contributed by atoms with van der Waals surface area (Å²) in [4.78, 5) is 36.0. The number of amides is 1. The Morgan fingerprint density at radius 3 is 2.23 bits per heavy atom. The van der Waals surface area contributed by atoms with Crippen molar-refractivity contribution in [3.8, 4) is 11.5 Å². The molecule has 1 atom stereocenters. The van der Waals surface area contributed by atoms with Gasteiger partial charge in [-0.25, -0.2) is 0 Å². The average molecular weight is 418 g/mol. The maximum atomic E-state index is 13.1. The van der Waals surface area contributed by atoms with Crippen LogP contribution in [0.25, 0.3) is 0 Å². The number of carbonyl (C=O) groups is 2. The van der Waals surface area contributed by atoms with Gasteiger partial charge in [-0.3, -0.25) is 19.7 Å². The van der Waals surface area contributed by atoms with Crippen LogP contribution in [0.2, 0.25) is 0 Å². The fraction of sp³-hybridized carbons (Fsp3) is 0.130. The Balaban J connectivity index is 1.52. The molecule has 3 aromatic rings. The van der Waals surface area contributed by atoms with Crippen LogP contribution in [-0.2, 0) is 14.3 Å². The quantitative estimate of drug-likeness (QED) is 0.374. The molecule has 1 unspecified atom stereocenters. The van der Waals surface area contributed by atoms with E-state index in [1.54, 1.807) is 36.4 Å². The van der Waals surface area contributed by atoms with E-state index >= 15 is 0 Å². The van der Waals surface area contributed by atoms with Gasteiger partial charge in [-0.2, -0.15) is 0 Å². The summed E-state index contributed by atoms with van der Waals surface area (Å²) in [6, 6.07) is 19.9. The first-order chi connectivity index (χ1) is 14.9. The molecule has 31 heavy (non-hydrogen) atoms. The van der Waals surface area contributed by atoms with Crippen LogP contribution in [0.5, 0.6) is 11.5 Å². The predicted molar refractivity (Wildman–Crippen MR) is 112 cm³/mol. The molecule has 0 aromatic heterocycles. The molecule has 8 heteroatoms. The van der Waals surface area contributed by atoms with Gasteiger partial charge in [0.05, 0.1) is 4.92 Å². The zero-order valence-corrected chi connectivity index (χ0v) is 16.5. The molecule has 0 radical (unpaired) electrons. The number of nitrogens with one attached hydrogen (secondary N) is 1. The number of fused-ring (bicyclic) bond motifs is 2. The lowest BCUT2D eigenvalue weighted by Gasteiger charge is -2.27. The van der Waals surface area contributed by atoms with E-state index in [0.717, 1.165) is 0 Å². The molecule has 0 saturated carbocycles. The Hall–Kier alpha value is -4.20. The molecule has 1 aliphatic heterocycles. The SMILES string of the molecule is CC(OC(=O)C1c2ccccc2Oc2ccccc21)C(=O)Nc1cccc([N+](=O)[O-])c1. The Morgan fingerprint density at radius 1 is 1.00 bits per heavy atom. The van der Waals surface area contributed by atoms with Gasteiger partial charge >= 0.3 is 5.97 Å². The maximum absolute atomic E-state index is 13.1. The second-order valence-corrected chi connectivity index (χ2v) is 6.99. The van der Waals surface area contributed by atoms with Crippen molar-refractivity contribution in [2.24, 2.45) is 0 Å². The van der Waals surface area contributed by atoms with Crippen LogP contribution in [0.3, 0.4) is 0 Å². The van der Waals surface area contributed by atoms with E-state index in [1.165, 1.54) is 31.2 Å². The molecule has 1 aliphatic rings. The summed E-state index contributed by atoms with van der Waals surface area (Å²) < 4.78 is 11.4. The van der Waals surface area contributed by atoms with E-state index in [-0.39, 0.29) is 11.4 Å². The molecule has 156 valence electrons. The number of carbonyl (C=O) groups excluding carboxylic acids is 2. The molecular formula is C23H18N2O6. The zero-order chi connectivity index (χ0) is 22.0. The van der Waals surface area contributed by atoms with Crippen LogP contribution >= 0.6 is 0 Å². The van der Waals surface area contributed by atoms with Crippen molar-refractivity contribution in [1.82, 2.24) is 0 Å². The number of anilines is 1. The molecule has 1 heterocycles. The molecule has 0 fully saturated rings. The van der Waals surface area contributed by atoms with Gasteiger partial charge in [0, 0.05) is 28.9 Å². The molecule has 0 aliphatic carbocycles. The number of hydrogen-bond donors (Lipinski definition) is 1. The van der Waals surface area contributed by atoms with E-state index in [9.17, 15) is 19.7 Å². The van der Waals surface area contributed by atoms with Crippen molar-refractivity contribution in [3.05, 3.63) is 94.0 Å². The highest BCUT2D eigenvalue weighted by Gasteiger charge is 2.35. The van der Waals surface area contributed by atoms with Gasteiger partial charge in [-0.1, -0.05) is 42.5 Å². The van der Waals surface area contributed by atoms with E-state index < -0.39 is 28.8 Å². The third-order valence-corrected chi connectivity index (χ3v) is 4.90. The van der Waals surface area contributed by atoms with Gasteiger partial charge in [-0.15, -0.1) is 0 Å². The van der Waals surface area contributed by atoms with Gasteiger partial charge in [0.1, 0.15) is 17.4 Å². The third-order valence-electron chi connectivity index (χ3n) is 4.90. The Labute approximate surface area is 177 Å². The topological polar surface area (TPSA) is 108 Å². The van der Waals surface area contributed by atoms with Gasteiger partial charge in [0.2, 0.25) is 0 Å². The summed E-state index contributed by atoms with van der Waals surface area (Å²) in [5.74, 6) is -0.824. The van der Waals surface area contributed by atoms with Gasteiger partial charge in [0.25, 0.3) is 11.6 Å². The van der Waals surface area contributed by atoms with Crippen LogP contribution in [-0.4, -0.2) is 22.9 Å². The lowest BCUT2D eigenvalue weighted by atomic mass is 9.88. The van der Waals surface area contributed by atoms with Gasteiger partial charge in [0.15, 0.2) is 6.10 Å². The molecule has 3 aromatic carbocycles. The number of nitrogens with zero attached hydrogens (tertiary/aromatic N) is 1. The van der Waals surface area contributed by atoms with Crippen molar-refractivity contribution < 1.29 is 24.0 Å². The number of para-hydroxylation sites is 2. The predicted octanol–water partition coefficient (Wildman–Crippen LogP) is 4.40. The number of nitro benzene ring substituents is 1. The molecule has 0 saturated heterocycles. The van der Waals surface area contributed by atoms with Crippen molar-refractivity contribution in [3.63, 3.8) is 0 Å². The number of esters is 1. The minimum atomic E-state index is -1.12. The van der Waals surface area contributed by atoms with Gasteiger partial charge in [-0.05, 0) is 25.1 Å². The molecule has 4 rings (SSSR count). The number of non-ortho nitro benzene ring substituents is 1. The number of benzene rings is 3. The lowest BCUT2D eigenvalue weighted by molar-refractivity contribution is -0.384. The Kier molecular flexibility index (Phi) is 5.36. The minimum absolute atomic E-state index is 0.155. The van der Waals surface area contributed by atoms with Crippen LogP contribution < -0.4 is 10.1 Å². The van der Waals surface area contributed by atoms with Crippen LogP contribution in [0.1, 0.15) is 24.0 Å². The van der Waals surface area contributed by atoms with Crippen LogP contribution in [0, 0.1) is 10.1 Å². The molecule has 1 amide bonds. The normalized spacial score (nSPS) is 13.2. The summed E-state index contributed by atoms with van der Waals surface area (Å²) in [6.45, 7) is 1.45. The summed E-state index contributed by atoms with van der Waals surface area (Å²) >= 11 is 0. The molecule has 0 spiro atoms. The van der Waals surface area contributed by atoms with E-state index in [0.29, 0.717) is 22.6 Å². The van der Waals surface area contributed by atoms with Crippen LogP contribution in [0.4, 0.5) is 11.4 Å². The monoisotopic (exact) mass is 418 g/mol. The first-order valence-corrected chi connectivity index (χ1v) is 9.55. The third kappa shape index (κ3) is 4.09. The smallest absolute Gasteiger partial charge is 0.318 e. The molecule has 0 bridgehead atoms. The first kappa shape index (κ1) is 20.1. The number of rotatable bonds is 5. The first-order valence-electron chi connectivity index (χ1n) is 9.55. The molecule has 1 N–H and O–H groups in total. The molecule has 8 nitrogen and oxygen atoms in total. The largest absolute Gasteiger partial charge is 0.457 e. The van der Waals surface area contributed by atoms with E-state index in [4.69, 9.17) is 9.47 Å². The van der Waals surface area contributed by atoms with Crippen LogP contribution in [0.15, 0.2) is 72.8 Å². The van der Waals surface area contributed by atoms with Crippen molar-refractivity contribution >= 4 is 23.3 Å². The lowest BCUT2D eigenvalue weighted by Crippen LogP contribution is -2.32. The van der Waals surface area contributed by atoms with Crippen molar-refractivity contribution in [2.75, 3.05) is 5.32 Å². The fourth-order valence-electron chi connectivity index (χ4n) is 3.40. The average Bonchev–Trinajstić information content (AvgIpc) is 2.77. The highest BCUT2D eigenvalue weighted by atomic mass is 16.6. The van der Waals surface area contributed by atoms with Gasteiger partial charge < -0.3 is 14.8 Å². The zero-order valence-electron chi connectivity index (χ0n) is 16.5. The standard InChI is InChI=1S/C23H18N2O6/c1-14(22(26)24-15-7-6-8-16(13-15)25(28)29)30-23(27)21-17-9-2-4-11-19(17)31-20-12-5-3-10-18(20)21/h2-14,21H,1H3,(H,24,26). The summed E-state index contributed by atoms with van der Waals surface area (Å²) in [7, 11) is 0. The summed E-state index contributed by atoms with van der Waals surface area (Å²) in [6.07, 6.45) is -1.12. The summed E-state index contributed by atoms with van der Waals surface area (Å²) in [5.41, 5.74) is 1.39. The highest BCUT2D eigenvalue weighted by molar-refractivity contribution is 5.96. The van der Waals surface area contributed by atoms with Crippen molar-refractivity contribution in [1.29, 1.82) is 0 Å². The summed E-state index contributed by atoms with van der Waals surface area (Å²) in [5, 5.41) is 13.4. The number of hydrogen-bond acceptors (Lipinski definition) is 6. The molecular weight excluding hydrogens is 400 g/mol. The second kappa shape index (κ2) is 8.27. The second-order valence-electron chi connectivity index (χ2n) is 6.99. The fourth-order valence-corrected chi connectivity index (χ4v) is 3.40. The van der Waals surface area contributed by atoms with Crippen molar-refractivity contribution in [2.45, 2.75) is 18.9 Å². The van der Waals surface area contributed by atoms with E-state index in [1.807, 2.05) is 12.1 Å². The highest BCUT2D eigenvalue weighted by Crippen LogP contribution is 2.44. The Bertz CT molecular complexity index is 1130.